The molecule has 3 aromatic rings. The molecular formula is C19H20BrClN6. The summed E-state index contributed by atoms with van der Waals surface area (Å²) in [5.41, 5.74) is 15.9. The number of aryl methyl sites for hydroxylation is 1. The first-order chi connectivity index (χ1) is 12.9. The predicted octanol–water partition coefficient (Wildman–Crippen LogP) is 3.58. The van der Waals surface area contributed by atoms with Crippen LogP contribution in [0.2, 0.25) is 5.15 Å². The first kappa shape index (κ1) is 19.6. The van der Waals surface area contributed by atoms with Gasteiger partial charge in [0.2, 0.25) is 5.95 Å². The molecule has 3 heterocycles. The molecule has 6 nitrogen and oxygen atoms in total. The first-order valence-electron chi connectivity index (χ1n) is 8.53. The first-order valence-corrected chi connectivity index (χ1v) is 9.70. The highest BCUT2D eigenvalue weighted by Gasteiger charge is 2.16. The van der Waals surface area contributed by atoms with Crippen molar-refractivity contribution in [3.63, 3.8) is 0 Å². The van der Waals surface area contributed by atoms with Gasteiger partial charge < -0.3 is 16.0 Å². The van der Waals surface area contributed by atoms with Gasteiger partial charge in [0.15, 0.2) is 0 Å². The Kier molecular flexibility index (Phi) is 6.00. The lowest BCUT2D eigenvalue weighted by molar-refractivity contribution is 0.786. The van der Waals surface area contributed by atoms with E-state index in [1.165, 1.54) is 0 Å². The predicted molar refractivity (Wildman–Crippen MR) is 113 cm³/mol. The summed E-state index contributed by atoms with van der Waals surface area (Å²) in [5.74, 6) is 6.42. The fourth-order valence-corrected chi connectivity index (χ4v) is 3.40. The van der Waals surface area contributed by atoms with Crippen molar-refractivity contribution in [2.24, 2.45) is 5.73 Å². The number of fused-ring (bicyclic) bond motifs is 1. The third kappa shape index (κ3) is 4.08. The van der Waals surface area contributed by atoms with Crippen LogP contribution in [0.3, 0.4) is 0 Å². The van der Waals surface area contributed by atoms with Gasteiger partial charge in [-0.15, -0.1) is 0 Å². The molecule has 0 fully saturated rings. The number of hydrogen-bond donors (Lipinski definition) is 2. The summed E-state index contributed by atoms with van der Waals surface area (Å²) in [4.78, 5) is 13.0. The molecule has 0 radical (unpaired) electrons. The second-order valence-corrected chi connectivity index (χ2v) is 7.41. The Balaban J connectivity index is 2.10. The normalized spacial score (nSPS) is 10.9. The van der Waals surface area contributed by atoms with Crippen LogP contribution in [-0.2, 0) is 6.54 Å². The van der Waals surface area contributed by atoms with Crippen LogP contribution in [-0.4, -0.2) is 26.1 Å². The molecule has 0 aliphatic heterocycles. The van der Waals surface area contributed by atoms with E-state index in [1.54, 1.807) is 0 Å². The Morgan fingerprint density at radius 3 is 2.81 bits per heavy atom. The van der Waals surface area contributed by atoms with Crippen LogP contribution in [0.4, 0.5) is 5.95 Å². The van der Waals surface area contributed by atoms with Crippen molar-refractivity contribution in [2.45, 2.75) is 33.2 Å². The number of hydrogen-bond acceptors (Lipinski definition) is 5. The number of rotatable bonds is 4. The van der Waals surface area contributed by atoms with Crippen molar-refractivity contribution < 1.29 is 0 Å². The summed E-state index contributed by atoms with van der Waals surface area (Å²) in [6.07, 6.45) is 5.35. The molecular weight excluding hydrogens is 428 g/mol. The van der Waals surface area contributed by atoms with E-state index in [-0.39, 0.29) is 5.95 Å². The smallest absolute Gasteiger partial charge is 0.223 e. The number of halogens is 2. The number of unbranched alkanes of at least 4 members (excludes halogenated alkanes) is 1. The van der Waals surface area contributed by atoms with Gasteiger partial charge in [0.05, 0.1) is 23.2 Å². The highest BCUT2D eigenvalue weighted by molar-refractivity contribution is 9.10. The maximum absolute atomic E-state index is 6.35. The van der Waals surface area contributed by atoms with E-state index >= 15 is 0 Å². The van der Waals surface area contributed by atoms with Crippen molar-refractivity contribution in [2.75, 3.05) is 12.3 Å². The summed E-state index contributed by atoms with van der Waals surface area (Å²) < 4.78 is 3.02. The zero-order valence-electron chi connectivity index (χ0n) is 15.2. The van der Waals surface area contributed by atoms with E-state index in [0.29, 0.717) is 29.3 Å². The lowest BCUT2D eigenvalue weighted by Crippen LogP contribution is -2.06. The maximum Gasteiger partial charge on any atom is 0.223 e. The largest absolute Gasteiger partial charge is 0.368 e. The quantitative estimate of drug-likeness (QED) is 0.362. The number of pyridine rings is 1. The van der Waals surface area contributed by atoms with E-state index in [2.05, 4.69) is 42.7 Å². The molecule has 0 aliphatic carbocycles. The van der Waals surface area contributed by atoms with Crippen LogP contribution in [0.1, 0.15) is 35.2 Å². The maximum atomic E-state index is 6.35. The second-order valence-electron chi connectivity index (χ2n) is 6.26. The van der Waals surface area contributed by atoms with Crippen molar-refractivity contribution in [1.82, 2.24) is 19.5 Å². The highest BCUT2D eigenvalue weighted by Crippen LogP contribution is 2.28. The molecule has 4 N–H and O–H groups in total. The topological polar surface area (TPSA) is 95.6 Å². The molecule has 0 saturated carbocycles. The summed E-state index contributed by atoms with van der Waals surface area (Å²) in [6.45, 7) is 5.19. The van der Waals surface area contributed by atoms with E-state index in [0.717, 1.165) is 39.7 Å². The molecule has 0 saturated heterocycles. The molecule has 0 spiro atoms. The molecule has 0 aromatic carbocycles. The summed E-state index contributed by atoms with van der Waals surface area (Å²) in [6, 6.07) is 0. The molecule has 0 aliphatic rings. The Labute approximate surface area is 171 Å². The monoisotopic (exact) mass is 446 g/mol. The van der Waals surface area contributed by atoms with Gasteiger partial charge in [-0.25, -0.2) is 4.98 Å². The van der Waals surface area contributed by atoms with E-state index in [1.807, 2.05) is 30.8 Å². The molecule has 3 aromatic heterocycles. The minimum absolute atomic E-state index is 0.129. The Bertz CT molecular complexity index is 1060. The molecule has 0 bridgehead atoms. The van der Waals surface area contributed by atoms with Gasteiger partial charge >= 0.3 is 0 Å². The van der Waals surface area contributed by atoms with Crippen molar-refractivity contribution >= 4 is 44.5 Å². The van der Waals surface area contributed by atoms with Crippen molar-refractivity contribution in [1.29, 1.82) is 0 Å². The number of nitrogens with two attached hydrogens (primary N) is 2. The van der Waals surface area contributed by atoms with Crippen LogP contribution in [0.15, 0.2) is 16.9 Å². The highest BCUT2D eigenvalue weighted by atomic mass is 79.9. The molecule has 27 heavy (non-hydrogen) atoms. The van der Waals surface area contributed by atoms with E-state index < -0.39 is 0 Å². The fourth-order valence-electron chi connectivity index (χ4n) is 2.79. The molecule has 3 rings (SSSR count). The Morgan fingerprint density at radius 2 is 2.07 bits per heavy atom. The molecule has 140 valence electrons. The molecule has 0 atom stereocenters. The van der Waals surface area contributed by atoms with Crippen LogP contribution in [0.5, 0.6) is 0 Å². The van der Waals surface area contributed by atoms with Gasteiger partial charge in [0.25, 0.3) is 0 Å². The summed E-state index contributed by atoms with van der Waals surface area (Å²) >= 11 is 9.97. The van der Waals surface area contributed by atoms with Gasteiger partial charge in [-0.3, -0.25) is 4.98 Å². The number of anilines is 1. The third-order valence-electron chi connectivity index (χ3n) is 4.26. The Hall–Kier alpha value is -2.14. The lowest BCUT2D eigenvalue weighted by atomic mass is 10.1. The van der Waals surface area contributed by atoms with Crippen molar-refractivity contribution in [3.8, 4) is 11.8 Å². The zero-order valence-corrected chi connectivity index (χ0v) is 17.5. The van der Waals surface area contributed by atoms with Gasteiger partial charge in [-0.1, -0.05) is 39.4 Å². The lowest BCUT2D eigenvalue weighted by Gasteiger charge is -2.10. The van der Waals surface area contributed by atoms with Crippen LogP contribution < -0.4 is 11.5 Å². The molecule has 0 unspecified atom stereocenters. The SMILES string of the molecule is Cc1cnc(Cn2cc(C#CCCCN)c3c(Cl)nc(N)nc32)c(C)c1Br. The average molecular weight is 448 g/mol. The van der Waals surface area contributed by atoms with Crippen LogP contribution in [0.25, 0.3) is 11.0 Å². The van der Waals surface area contributed by atoms with Crippen LogP contribution in [0, 0.1) is 25.7 Å². The minimum atomic E-state index is 0.129. The number of nitrogen functional groups attached to an aromatic ring is 1. The average Bonchev–Trinajstić information content (AvgIpc) is 2.97. The minimum Gasteiger partial charge on any atom is -0.368 e. The Morgan fingerprint density at radius 1 is 1.30 bits per heavy atom. The zero-order chi connectivity index (χ0) is 19.6. The van der Waals surface area contributed by atoms with Gasteiger partial charge in [0, 0.05) is 23.3 Å². The standard InChI is InChI=1S/C19H20BrClN6/c1-11-8-24-14(12(2)16(11)20)10-27-9-13(6-4-3-5-7-22)15-17(21)25-19(23)26-18(15)27/h8-9H,3,5,7,10,22H2,1-2H3,(H2,23,25,26). The number of aromatic nitrogens is 4. The second kappa shape index (κ2) is 8.26. The fraction of sp³-hybridized carbons (Fsp3) is 0.316. The molecule has 8 heteroatoms. The summed E-state index contributed by atoms with van der Waals surface area (Å²) in [7, 11) is 0. The summed E-state index contributed by atoms with van der Waals surface area (Å²) in [5, 5.41) is 1.00. The van der Waals surface area contributed by atoms with Gasteiger partial charge in [-0.2, -0.15) is 4.98 Å². The van der Waals surface area contributed by atoms with Crippen molar-refractivity contribution in [3.05, 3.63) is 44.4 Å². The van der Waals surface area contributed by atoms with Gasteiger partial charge in [0.1, 0.15) is 10.8 Å². The van der Waals surface area contributed by atoms with E-state index in [9.17, 15) is 0 Å². The van der Waals surface area contributed by atoms with Gasteiger partial charge in [-0.05, 0) is 37.9 Å². The molecule has 0 amide bonds. The van der Waals surface area contributed by atoms with E-state index in [4.69, 9.17) is 23.1 Å². The number of nitrogens with zero attached hydrogens (tertiary/aromatic N) is 4. The van der Waals surface area contributed by atoms with Crippen LogP contribution >= 0.6 is 27.5 Å². The third-order valence-corrected chi connectivity index (χ3v) is 5.75.